The molecule has 0 radical (unpaired) electrons. The maximum absolute atomic E-state index is 13.2. The lowest BCUT2D eigenvalue weighted by molar-refractivity contribution is -0.143. The minimum absolute atomic E-state index is 0.0191. The SMILES string of the molecule is C[C@H]1COCCN1C(=O)[C@H]1CCc2c(sc3ncnc(Nc4cc5cn[nH]c5cn4)c23)C1. The number of aromatic amines is 1. The maximum atomic E-state index is 13.2. The molecular weight excluding hydrogens is 426 g/mol. The van der Waals surface area contributed by atoms with Gasteiger partial charge >= 0.3 is 0 Å². The minimum atomic E-state index is 0.0191. The van der Waals surface area contributed by atoms with Crippen LogP contribution in [-0.4, -0.2) is 61.8 Å². The first-order valence-corrected chi connectivity index (χ1v) is 11.7. The molecule has 2 aliphatic rings. The van der Waals surface area contributed by atoms with Crippen LogP contribution in [0.3, 0.4) is 0 Å². The number of aryl methyl sites for hydroxylation is 1. The van der Waals surface area contributed by atoms with Crippen molar-refractivity contribution in [2.75, 3.05) is 25.1 Å². The Kier molecular flexibility index (Phi) is 4.76. The molecule has 164 valence electrons. The monoisotopic (exact) mass is 449 g/mol. The number of carbonyl (C=O) groups is 1. The fourth-order valence-electron chi connectivity index (χ4n) is 4.74. The van der Waals surface area contributed by atoms with Crippen LogP contribution in [0.25, 0.3) is 21.1 Å². The Labute approximate surface area is 188 Å². The van der Waals surface area contributed by atoms with E-state index in [9.17, 15) is 4.79 Å². The van der Waals surface area contributed by atoms with E-state index in [1.54, 1.807) is 30.1 Å². The van der Waals surface area contributed by atoms with Crippen molar-refractivity contribution in [3.05, 3.63) is 35.2 Å². The number of fused-ring (bicyclic) bond motifs is 4. The largest absolute Gasteiger partial charge is 0.377 e. The summed E-state index contributed by atoms with van der Waals surface area (Å²) >= 11 is 1.68. The summed E-state index contributed by atoms with van der Waals surface area (Å²) in [7, 11) is 0. The molecule has 1 aliphatic heterocycles. The maximum Gasteiger partial charge on any atom is 0.226 e. The van der Waals surface area contributed by atoms with E-state index in [2.05, 4.69) is 37.4 Å². The zero-order chi connectivity index (χ0) is 21.7. The van der Waals surface area contributed by atoms with Crippen molar-refractivity contribution in [1.29, 1.82) is 0 Å². The van der Waals surface area contributed by atoms with Gasteiger partial charge in [-0.3, -0.25) is 9.89 Å². The summed E-state index contributed by atoms with van der Waals surface area (Å²) in [5.74, 6) is 1.75. The van der Waals surface area contributed by atoms with Gasteiger partial charge in [0.1, 0.15) is 22.8 Å². The molecule has 0 saturated carbocycles. The first-order chi connectivity index (χ1) is 15.7. The highest BCUT2D eigenvalue weighted by atomic mass is 32.1. The van der Waals surface area contributed by atoms with Crippen LogP contribution in [0.2, 0.25) is 0 Å². The number of thiophene rings is 1. The highest BCUT2D eigenvalue weighted by Crippen LogP contribution is 2.41. The molecular formula is C22H23N7O2S. The van der Waals surface area contributed by atoms with Crippen LogP contribution >= 0.6 is 11.3 Å². The van der Waals surface area contributed by atoms with Gasteiger partial charge in [0.15, 0.2) is 0 Å². The summed E-state index contributed by atoms with van der Waals surface area (Å²) in [5, 5.41) is 12.4. The quantitative estimate of drug-likeness (QED) is 0.495. The number of anilines is 2. The Bertz CT molecular complexity index is 1320. The molecule has 0 bridgehead atoms. The number of nitrogens with one attached hydrogen (secondary N) is 2. The van der Waals surface area contributed by atoms with E-state index in [4.69, 9.17) is 4.74 Å². The number of morpholine rings is 1. The van der Waals surface area contributed by atoms with Crippen LogP contribution in [0, 0.1) is 5.92 Å². The molecule has 0 spiro atoms. The summed E-state index contributed by atoms with van der Waals surface area (Å²) in [5.41, 5.74) is 2.15. The molecule has 2 atom stereocenters. The van der Waals surface area contributed by atoms with Crippen LogP contribution in [0.15, 0.2) is 24.8 Å². The van der Waals surface area contributed by atoms with Gasteiger partial charge in [-0.2, -0.15) is 5.10 Å². The second kappa shape index (κ2) is 7.79. The van der Waals surface area contributed by atoms with Crippen LogP contribution in [0.1, 0.15) is 23.8 Å². The number of carbonyl (C=O) groups excluding carboxylic acids is 1. The lowest BCUT2D eigenvalue weighted by Crippen LogP contribution is -2.50. The van der Waals surface area contributed by atoms with Crippen molar-refractivity contribution < 1.29 is 9.53 Å². The molecule has 10 heteroatoms. The molecule has 1 saturated heterocycles. The molecule has 0 aromatic carbocycles. The van der Waals surface area contributed by atoms with E-state index in [1.165, 1.54) is 10.4 Å². The number of ether oxygens (including phenoxy) is 1. The Morgan fingerprint density at radius 3 is 3.16 bits per heavy atom. The smallest absolute Gasteiger partial charge is 0.226 e. The number of amides is 1. The predicted octanol–water partition coefficient (Wildman–Crippen LogP) is 3.06. The van der Waals surface area contributed by atoms with Crippen molar-refractivity contribution >= 4 is 50.0 Å². The third-order valence-electron chi connectivity index (χ3n) is 6.42. The fourth-order valence-corrected chi connectivity index (χ4v) is 6.00. The number of pyridine rings is 1. The zero-order valence-corrected chi connectivity index (χ0v) is 18.5. The third-order valence-corrected chi connectivity index (χ3v) is 7.58. The topological polar surface area (TPSA) is 109 Å². The number of aromatic nitrogens is 5. The Hall–Kier alpha value is -3.11. The van der Waals surface area contributed by atoms with E-state index in [1.807, 2.05) is 11.0 Å². The first-order valence-electron chi connectivity index (χ1n) is 10.9. The summed E-state index contributed by atoms with van der Waals surface area (Å²) in [6, 6.07) is 2.09. The molecule has 4 aromatic rings. The molecule has 2 N–H and O–H groups in total. The number of H-pyrrole nitrogens is 1. The molecule has 1 aliphatic carbocycles. The fraction of sp³-hybridized carbons (Fsp3) is 0.409. The predicted molar refractivity (Wildman–Crippen MR) is 122 cm³/mol. The number of nitrogens with zero attached hydrogens (tertiary/aromatic N) is 5. The molecule has 32 heavy (non-hydrogen) atoms. The van der Waals surface area contributed by atoms with E-state index in [-0.39, 0.29) is 17.9 Å². The van der Waals surface area contributed by atoms with Crippen LogP contribution < -0.4 is 5.32 Å². The molecule has 4 aromatic heterocycles. The van der Waals surface area contributed by atoms with Crippen LogP contribution in [0.5, 0.6) is 0 Å². The van der Waals surface area contributed by atoms with E-state index in [0.717, 1.165) is 46.2 Å². The molecule has 5 heterocycles. The number of rotatable bonds is 3. The van der Waals surface area contributed by atoms with Gasteiger partial charge in [-0.05, 0) is 37.8 Å². The van der Waals surface area contributed by atoms with Gasteiger partial charge < -0.3 is 15.0 Å². The van der Waals surface area contributed by atoms with Gasteiger partial charge in [0, 0.05) is 22.7 Å². The van der Waals surface area contributed by atoms with Crippen LogP contribution in [0.4, 0.5) is 11.6 Å². The summed E-state index contributed by atoms with van der Waals surface area (Å²) in [6.07, 6.45) is 7.57. The Morgan fingerprint density at radius 1 is 1.31 bits per heavy atom. The zero-order valence-electron chi connectivity index (χ0n) is 17.7. The van der Waals surface area contributed by atoms with Gasteiger partial charge in [-0.15, -0.1) is 11.3 Å². The van der Waals surface area contributed by atoms with Crippen molar-refractivity contribution in [3.63, 3.8) is 0 Å². The Balaban J connectivity index is 1.29. The second-order valence-electron chi connectivity index (χ2n) is 8.45. The molecule has 1 fully saturated rings. The lowest BCUT2D eigenvalue weighted by atomic mass is 9.86. The van der Waals surface area contributed by atoms with E-state index < -0.39 is 0 Å². The van der Waals surface area contributed by atoms with Crippen molar-refractivity contribution in [1.82, 2.24) is 30.0 Å². The summed E-state index contributed by atoms with van der Waals surface area (Å²) in [6.45, 7) is 3.99. The number of hydrogen-bond acceptors (Lipinski definition) is 8. The number of hydrogen-bond donors (Lipinski definition) is 2. The molecule has 6 rings (SSSR count). The highest BCUT2D eigenvalue weighted by Gasteiger charge is 2.34. The standard InChI is InChI=1S/C22H23N7O2S/c1-12-10-31-5-4-29(12)22(30)13-2-3-15-17(6-13)32-21-19(15)20(24-11-25-21)27-18-7-14-8-26-28-16(14)9-23-18/h7-9,11-13H,2-6,10H2,1H3,(H,26,28)(H,23,24,25,27)/t12-,13-/m0/s1. The molecule has 9 nitrogen and oxygen atoms in total. The second-order valence-corrected chi connectivity index (χ2v) is 9.54. The summed E-state index contributed by atoms with van der Waals surface area (Å²) in [4.78, 5) is 30.9. The Morgan fingerprint density at radius 2 is 2.25 bits per heavy atom. The van der Waals surface area contributed by atoms with Gasteiger partial charge in [0.05, 0.1) is 42.6 Å². The van der Waals surface area contributed by atoms with Crippen molar-refractivity contribution in [2.45, 2.75) is 32.2 Å². The van der Waals surface area contributed by atoms with Crippen molar-refractivity contribution in [2.24, 2.45) is 5.92 Å². The van der Waals surface area contributed by atoms with Gasteiger partial charge in [-0.1, -0.05) is 0 Å². The minimum Gasteiger partial charge on any atom is -0.377 e. The third kappa shape index (κ3) is 3.30. The average molecular weight is 450 g/mol. The van der Waals surface area contributed by atoms with Crippen LogP contribution in [-0.2, 0) is 22.4 Å². The highest BCUT2D eigenvalue weighted by molar-refractivity contribution is 7.19. The normalized spacial score (nSPS) is 21.1. The van der Waals surface area contributed by atoms with Crippen molar-refractivity contribution in [3.8, 4) is 0 Å². The van der Waals surface area contributed by atoms with E-state index in [0.29, 0.717) is 25.6 Å². The first kappa shape index (κ1) is 19.6. The summed E-state index contributed by atoms with van der Waals surface area (Å²) < 4.78 is 5.50. The van der Waals surface area contributed by atoms with Gasteiger partial charge in [-0.25, -0.2) is 15.0 Å². The van der Waals surface area contributed by atoms with Gasteiger partial charge in [0.2, 0.25) is 5.91 Å². The lowest BCUT2D eigenvalue weighted by Gasteiger charge is -2.36. The molecule has 0 unspecified atom stereocenters. The van der Waals surface area contributed by atoms with Gasteiger partial charge in [0.25, 0.3) is 0 Å². The van der Waals surface area contributed by atoms with E-state index >= 15 is 0 Å². The molecule has 1 amide bonds. The average Bonchev–Trinajstić information content (AvgIpc) is 3.42.